The quantitative estimate of drug-likeness (QED) is 0.625. The zero-order valence-corrected chi connectivity index (χ0v) is 12.1. The van der Waals surface area contributed by atoms with Gasteiger partial charge in [-0.2, -0.15) is 0 Å². The van der Waals surface area contributed by atoms with Gasteiger partial charge in [0.15, 0.2) is 6.10 Å². The van der Waals surface area contributed by atoms with Crippen LogP contribution < -0.4 is 4.74 Å². The number of methoxy groups -OCH3 is 1. The molecule has 0 saturated carbocycles. The van der Waals surface area contributed by atoms with E-state index in [0.29, 0.717) is 17.1 Å². The lowest BCUT2D eigenvalue weighted by atomic mass is 10.1. The Morgan fingerprint density at radius 2 is 1.76 bits per heavy atom. The third kappa shape index (κ3) is 3.51. The van der Waals surface area contributed by atoms with Crippen LogP contribution in [0.15, 0.2) is 40.8 Å². The third-order valence-electron chi connectivity index (χ3n) is 2.97. The van der Waals surface area contributed by atoms with E-state index in [9.17, 15) is 9.59 Å². The molecular weight excluding hydrogens is 272 g/mol. The monoisotopic (exact) mass is 288 g/mol. The van der Waals surface area contributed by atoms with Crippen molar-refractivity contribution in [2.75, 3.05) is 7.11 Å². The van der Waals surface area contributed by atoms with Gasteiger partial charge in [0.2, 0.25) is 11.5 Å². The topological polar surface area (TPSA) is 65.7 Å². The predicted octanol–water partition coefficient (Wildman–Crippen LogP) is 3.02. The molecule has 0 aliphatic heterocycles. The summed E-state index contributed by atoms with van der Waals surface area (Å²) < 4.78 is 15.3. The number of rotatable bonds is 5. The number of hydrogen-bond donors (Lipinski definition) is 0. The highest BCUT2D eigenvalue weighted by Crippen LogP contribution is 2.15. The summed E-state index contributed by atoms with van der Waals surface area (Å²) in [5, 5.41) is 0. The zero-order valence-electron chi connectivity index (χ0n) is 12.1. The van der Waals surface area contributed by atoms with Crippen LogP contribution in [0.25, 0.3) is 0 Å². The molecule has 0 radical (unpaired) electrons. The molecule has 0 amide bonds. The van der Waals surface area contributed by atoms with Gasteiger partial charge in [0.05, 0.1) is 7.11 Å². The van der Waals surface area contributed by atoms with Crippen molar-refractivity contribution in [2.45, 2.75) is 20.0 Å². The maximum atomic E-state index is 12.2. The molecule has 0 N–H and O–H groups in total. The Bertz CT molecular complexity index is 639. The fourth-order valence-corrected chi connectivity index (χ4v) is 1.81. The van der Waals surface area contributed by atoms with Crippen LogP contribution in [-0.2, 0) is 4.74 Å². The molecule has 2 rings (SSSR count). The second-order valence-electron chi connectivity index (χ2n) is 4.55. The normalized spacial score (nSPS) is 11.8. The Kier molecular flexibility index (Phi) is 4.42. The molecule has 0 bridgehead atoms. The number of aryl methyl sites for hydroxylation is 1. The maximum absolute atomic E-state index is 12.2. The predicted molar refractivity (Wildman–Crippen MR) is 75.6 cm³/mol. The fraction of sp³-hybridized carbons (Fsp3) is 0.250. The van der Waals surface area contributed by atoms with Crippen molar-refractivity contribution in [3.05, 3.63) is 53.5 Å². The van der Waals surface area contributed by atoms with E-state index in [1.54, 1.807) is 44.4 Å². The van der Waals surface area contributed by atoms with Crippen LogP contribution in [-0.4, -0.2) is 25.0 Å². The number of carbonyl (C=O) groups excluding carboxylic acids is 2. The summed E-state index contributed by atoms with van der Waals surface area (Å²) in [5.74, 6) is 0.409. The Labute approximate surface area is 122 Å². The van der Waals surface area contributed by atoms with Crippen LogP contribution in [0.3, 0.4) is 0 Å². The van der Waals surface area contributed by atoms with Crippen molar-refractivity contribution >= 4 is 11.8 Å². The van der Waals surface area contributed by atoms with Gasteiger partial charge in [-0.05, 0) is 50.2 Å². The summed E-state index contributed by atoms with van der Waals surface area (Å²) in [6.07, 6.45) is -0.892. The van der Waals surface area contributed by atoms with E-state index in [0.717, 1.165) is 0 Å². The lowest BCUT2D eigenvalue weighted by Gasteiger charge is -2.11. The Balaban J connectivity index is 2.03. The second kappa shape index (κ2) is 6.26. The second-order valence-corrected chi connectivity index (χ2v) is 4.55. The number of esters is 1. The first-order valence-corrected chi connectivity index (χ1v) is 6.47. The van der Waals surface area contributed by atoms with Crippen molar-refractivity contribution in [3.8, 4) is 5.75 Å². The fourth-order valence-electron chi connectivity index (χ4n) is 1.81. The molecule has 2 aromatic rings. The number of Topliss-reactive ketones (excluding diaryl/α,β-unsaturated/α-hetero) is 1. The van der Waals surface area contributed by atoms with Crippen LogP contribution >= 0.6 is 0 Å². The maximum Gasteiger partial charge on any atom is 0.374 e. The average Bonchev–Trinajstić information content (AvgIpc) is 2.93. The van der Waals surface area contributed by atoms with Gasteiger partial charge in [-0.3, -0.25) is 4.79 Å². The van der Waals surface area contributed by atoms with E-state index in [-0.39, 0.29) is 11.5 Å². The number of ketones is 1. The van der Waals surface area contributed by atoms with E-state index >= 15 is 0 Å². The van der Waals surface area contributed by atoms with Crippen molar-refractivity contribution in [3.63, 3.8) is 0 Å². The molecule has 1 heterocycles. The molecule has 0 fully saturated rings. The number of furan rings is 1. The van der Waals surface area contributed by atoms with Gasteiger partial charge in [0.1, 0.15) is 11.5 Å². The summed E-state index contributed by atoms with van der Waals surface area (Å²) >= 11 is 0. The van der Waals surface area contributed by atoms with E-state index in [4.69, 9.17) is 13.9 Å². The first-order valence-electron chi connectivity index (χ1n) is 6.47. The minimum absolute atomic E-state index is 0.0851. The van der Waals surface area contributed by atoms with Crippen molar-refractivity contribution < 1.29 is 23.5 Å². The highest BCUT2D eigenvalue weighted by Gasteiger charge is 2.22. The van der Waals surface area contributed by atoms with Gasteiger partial charge in [0.25, 0.3) is 0 Å². The molecule has 0 aliphatic rings. The van der Waals surface area contributed by atoms with E-state index < -0.39 is 12.1 Å². The molecule has 0 saturated heterocycles. The van der Waals surface area contributed by atoms with E-state index in [1.807, 2.05) is 0 Å². The standard InChI is InChI=1S/C16H16O5/c1-10-4-9-14(20-10)16(18)21-11(2)15(17)12-5-7-13(19-3)8-6-12/h4-9,11H,1-3H3/t11-/m0/s1. The van der Waals surface area contributed by atoms with Crippen LogP contribution in [0.4, 0.5) is 0 Å². The highest BCUT2D eigenvalue weighted by atomic mass is 16.6. The SMILES string of the molecule is COc1ccc(C(=O)[C@H](C)OC(=O)c2ccc(C)o2)cc1. The van der Waals surface area contributed by atoms with Crippen molar-refractivity contribution in [2.24, 2.45) is 0 Å². The van der Waals surface area contributed by atoms with E-state index in [1.165, 1.54) is 13.0 Å². The zero-order chi connectivity index (χ0) is 15.4. The number of benzene rings is 1. The summed E-state index contributed by atoms with van der Waals surface area (Å²) in [6.45, 7) is 3.25. The number of hydrogen-bond acceptors (Lipinski definition) is 5. The van der Waals surface area contributed by atoms with Crippen LogP contribution in [0, 0.1) is 6.92 Å². The van der Waals surface area contributed by atoms with Gasteiger partial charge >= 0.3 is 5.97 Å². The van der Waals surface area contributed by atoms with Crippen LogP contribution in [0.2, 0.25) is 0 Å². The van der Waals surface area contributed by atoms with Crippen LogP contribution in [0.1, 0.15) is 33.6 Å². The molecule has 5 heteroatoms. The van der Waals surface area contributed by atoms with Crippen LogP contribution in [0.5, 0.6) is 5.75 Å². The number of carbonyl (C=O) groups is 2. The first kappa shape index (κ1) is 14.8. The molecule has 0 spiro atoms. The molecule has 0 aliphatic carbocycles. The van der Waals surface area contributed by atoms with Crippen molar-refractivity contribution in [1.29, 1.82) is 0 Å². The largest absolute Gasteiger partial charge is 0.497 e. The Morgan fingerprint density at radius 1 is 1.10 bits per heavy atom. The smallest absolute Gasteiger partial charge is 0.374 e. The molecule has 0 unspecified atom stereocenters. The first-order chi connectivity index (χ1) is 10.0. The lowest BCUT2D eigenvalue weighted by Crippen LogP contribution is -2.24. The molecule has 21 heavy (non-hydrogen) atoms. The van der Waals surface area contributed by atoms with Gasteiger partial charge < -0.3 is 13.9 Å². The lowest BCUT2D eigenvalue weighted by molar-refractivity contribution is 0.0288. The summed E-state index contributed by atoms with van der Waals surface area (Å²) in [7, 11) is 1.55. The summed E-state index contributed by atoms with van der Waals surface area (Å²) in [6, 6.07) is 9.79. The van der Waals surface area contributed by atoms with Gasteiger partial charge in [-0.25, -0.2) is 4.79 Å². The molecule has 1 aromatic heterocycles. The van der Waals surface area contributed by atoms with Gasteiger partial charge in [0, 0.05) is 5.56 Å². The van der Waals surface area contributed by atoms with Gasteiger partial charge in [-0.1, -0.05) is 0 Å². The van der Waals surface area contributed by atoms with E-state index in [2.05, 4.69) is 0 Å². The molecule has 110 valence electrons. The van der Waals surface area contributed by atoms with Crippen molar-refractivity contribution in [1.82, 2.24) is 0 Å². The Morgan fingerprint density at radius 3 is 2.29 bits per heavy atom. The molecule has 1 aromatic carbocycles. The summed E-state index contributed by atoms with van der Waals surface area (Å²) in [4.78, 5) is 24.0. The third-order valence-corrected chi connectivity index (χ3v) is 2.97. The summed E-state index contributed by atoms with van der Waals surface area (Å²) in [5.41, 5.74) is 0.451. The minimum atomic E-state index is -0.892. The number of ether oxygens (including phenoxy) is 2. The average molecular weight is 288 g/mol. The molecule has 1 atom stereocenters. The van der Waals surface area contributed by atoms with Gasteiger partial charge in [-0.15, -0.1) is 0 Å². The molecular formula is C16H16O5. The highest BCUT2D eigenvalue weighted by molar-refractivity contribution is 6.01. The Hall–Kier alpha value is -2.56. The molecule has 5 nitrogen and oxygen atoms in total. The minimum Gasteiger partial charge on any atom is -0.497 e.